The predicted octanol–water partition coefficient (Wildman–Crippen LogP) is 6.94. The highest BCUT2D eigenvalue weighted by Crippen LogP contribution is 2.52. The summed E-state index contributed by atoms with van der Waals surface area (Å²) in [4.78, 5) is 2.79. The van der Waals surface area contributed by atoms with E-state index in [1.54, 1.807) is 22.3 Å². The average molecular weight is 368 g/mol. The van der Waals surface area contributed by atoms with Crippen molar-refractivity contribution in [3.63, 3.8) is 0 Å². The first kappa shape index (κ1) is 16.7. The fraction of sp³-hybridized carbons (Fsp3) is 0.407. The van der Waals surface area contributed by atoms with Crippen LogP contribution in [0.25, 0.3) is 10.8 Å². The minimum atomic E-state index is 0.571. The van der Waals surface area contributed by atoms with Gasteiger partial charge in [0.2, 0.25) is 0 Å². The minimum absolute atomic E-state index is 0.571. The van der Waals surface area contributed by atoms with Gasteiger partial charge in [0.1, 0.15) is 0 Å². The smallest absolute Gasteiger partial charge is 0.0554 e. The number of aryl methyl sites for hydroxylation is 1. The summed E-state index contributed by atoms with van der Waals surface area (Å²) in [5.74, 6) is 0.675. The Morgan fingerprint density at radius 2 is 1.64 bits per heavy atom. The molecule has 0 spiro atoms. The summed E-state index contributed by atoms with van der Waals surface area (Å²) in [7, 11) is 0. The zero-order chi connectivity index (χ0) is 18.5. The van der Waals surface area contributed by atoms with Crippen molar-refractivity contribution in [1.82, 2.24) is 0 Å². The second kappa shape index (κ2) is 6.65. The minimum Gasteiger partial charge on any atom is -0.364 e. The van der Waals surface area contributed by atoms with E-state index in [-0.39, 0.29) is 0 Å². The third kappa shape index (κ3) is 2.52. The molecule has 28 heavy (non-hydrogen) atoms. The van der Waals surface area contributed by atoms with E-state index in [2.05, 4.69) is 59.5 Å². The molecule has 0 radical (unpaired) electrons. The van der Waals surface area contributed by atoms with Crippen molar-refractivity contribution >= 4 is 16.5 Å². The molecular weight excluding hydrogens is 338 g/mol. The summed E-state index contributed by atoms with van der Waals surface area (Å²) in [5, 5.41) is 2.95. The Labute approximate surface area is 168 Å². The number of hydrogen-bond acceptors (Lipinski definition) is 1. The van der Waals surface area contributed by atoms with Crippen molar-refractivity contribution in [2.24, 2.45) is 0 Å². The highest BCUT2D eigenvalue weighted by Gasteiger charge is 2.39. The van der Waals surface area contributed by atoms with Crippen LogP contribution in [0.2, 0.25) is 0 Å². The lowest BCUT2D eigenvalue weighted by atomic mass is 9.70. The molecule has 0 aromatic heterocycles. The molecule has 1 nitrogen and oxygen atoms in total. The first-order chi connectivity index (χ1) is 13.9. The highest BCUT2D eigenvalue weighted by atomic mass is 15.2. The molecule has 0 saturated heterocycles. The molecule has 0 fully saturated rings. The molecule has 0 saturated carbocycles. The second-order valence-corrected chi connectivity index (χ2v) is 9.07. The lowest BCUT2D eigenvalue weighted by molar-refractivity contribution is 0.439. The molecule has 3 aromatic rings. The van der Waals surface area contributed by atoms with Crippen LogP contribution >= 0.6 is 0 Å². The van der Waals surface area contributed by atoms with Gasteiger partial charge in [-0.2, -0.15) is 0 Å². The number of nitrogens with zero attached hydrogens (tertiary/aromatic N) is 1. The maximum Gasteiger partial charge on any atom is 0.0554 e. The molecule has 142 valence electrons. The van der Waals surface area contributed by atoms with Gasteiger partial charge in [-0.1, -0.05) is 67.8 Å². The van der Waals surface area contributed by atoms with Crippen LogP contribution in [0.5, 0.6) is 0 Å². The molecule has 1 heteroatoms. The molecular formula is C27H29N. The summed E-state index contributed by atoms with van der Waals surface area (Å²) in [6, 6.07) is 21.5. The number of para-hydroxylation sites is 1. The van der Waals surface area contributed by atoms with Gasteiger partial charge in [0, 0.05) is 12.2 Å². The zero-order valence-corrected chi connectivity index (χ0v) is 16.7. The molecule has 2 bridgehead atoms. The van der Waals surface area contributed by atoms with Gasteiger partial charge in [-0.05, 0) is 77.1 Å². The summed E-state index contributed by atoms with van der Waals surface area (Å²) < 4.78 is 0. The van der Waals surface area contributed by atoms with Crippen molar-refractivity contribution in [2.45, 2.75) is 63.3 Å². The number of hydrogen-bond donors (Lipinski definition) is 0. The molecule has 6 rings (SSSR count). The summed E-state index contributed by atoms with van der Waals surface area (Å²) in [6.45, 7) is 1.21. The van der Waals surface area contributed by atoms with Gasteiger partial charge in [-0.25, -0.2) is 0 Å². The molecule has 0 N–H and O–H groups in total. The Morgan fingerprint density at radius 1 is 0.821 bits per heavy atom. The number of benzene rings is 3. The van der Waals surface area contributed by atoms with Crippen LogP contribution in [-0.2, 0) is 12.8 Å². The quantitative estimate of drug-likeness (QED) is 0.416. The van der Waals surface area contributed by atoms with Gasteiger partial charge in [0.25, 0.3) is 0 Å². The van der Waals surface area contributed by atoms with Crippen LogP contribution in [0.3, 0.4) is 0 Å². The van der Waals surface area contributed by atoms with Crippen LogP contribution in [0, 0.1) is 0 Å². The van der Waals surface area contributed by atoms with Crippen LogP contribution in [0.1, 0.15) is 72.7 Å². The molecule has 2 heterocycles. The van der Waals surface area contributed by atoms with E-state index >= 15 is 0 Å². The van der Waals surface area contributed by atoms with E-state index in [9.17, 15) is 0 Å². The largest absolute Gasteiger partial charge is 0.364 e. The third-order valence-electron chi connectivity index (χ3n) is 7.49. The predicted molar refractivity (Wildman–Crippen MR) is 118 cm³/mol. The van der Waals surface area contributed by atoms with Crippen molar-refractivity contribution in [3.05, 3.63) is 76.9 Å². The second-order valence-electron chi connectivity index (χ2n) is 9.07. The summed E-state index contributed by atoms with van der Waals surface area (Å²) in [6.07, 6.45) is 10.6. The Morgan fingerprint density at radius 3 is 2.64 bits per heavy atom. The standard InChI is InChI=1S/C27H29N/c1-2-4-11-20-16-19-10-5-6-12-22(19)24-17-21-18-26(27(20)24)28(15-9-3-1)25-14-8-7-13-23(21)25/h5-8,10,12-14,16,21,26H,1-4,9,11,15,17-18H2. The fourth-order valence-corrected chi connectivity index (χ4v) is 6.25. The topological polar surface area (TPSA) is 3.24 Å². The number of anilines is 1. The number of fused-ring (bicyclic) bond motifs is 6. The van der Waals surface area contributed by atoms with E-state index in [1.807, 2.05) is 0 Å². The first-order valence-electron chi connectivity index (χ1n) is 11.3. The fourth-order valence-electron chi connectivity index (χ4n) is 6.25. The summed E-state index contributed by atoms with van der Waals surface area (Å²) in [5.41, 5.74) is 8.12. The molecule has 3 aromatic carbocycles. The highest BCUT2D eigenvalue weighted by molar-refractivity contribution is 5.89. The molecule has 0 amide bonds. The van der Waals surface area contributed by atoms with Crippen LogP contribution in [-0.4, -0.2) is 6.54 Å². The van der Waals surface area contributed by atoms with Crippen molar-refractivity contribution in [3.8, 4) is 0 Å². The van der Waals surface area contributed by atoms with Gasteiger partial charge < -0.3 is 4.90 Å². The van der Waals surface area contributed by atoms with E-state index in [0.717, 1.165) is 0 Å². The molecule has 2 atom stereocenters. The first-order valence-corrected chi connectivity index (χ1v) is 11.3. The normalized spacial score (nSPS) is 23.8. The van der Waals surface area contributed by atoms with E-state index in [1.165, 1.54) is 74.4 Å². The molecule has 3 aliphatic rings. The lowest BCUT2D eigenvalue weighted by Gasteiger charge is -2.47. The molecule has 1 aliphatic carbocycles. The van der Waals surface area contributed by atoms with Gasteiger partial charge in [-0.3, -0.25) is 0 Å². The lowest BCUT2D eigenvalue weighted by Crippen LogP contribution is -2.39. The number of rotatable bonds is 0. The van der Waals surface area contributed by atoms with E-state index in [4.69, 9.17) is 0 Å². The maximum absolute atomic E-state index is 2.79. The molecule has 2 aliphatic heterocycles. The van der Waals surface area contributed by atoms with Crippen LogP contribution in [0.15, 0.2) is 54.6 Å². The SMILES string of the molecule is c1ccc2c(c1)C1Cc3c4c(cc5ccccc35)CCCCCCCN2C4C1. The molecule has 2 unspecified atom stereocenters. The van der Waals surface area contributed by atoms with Crippen molar-refractivity contribution < 1.29 is 0 Å². The van der Waals surface area contributed by atoms with Crippen LogP contribution < -0.4 is 4.90 Å². The van der Waals surface area contributed by atoms with Gasteiger partial charge in [0.15, 0.2) is 0 Å². The van der Waals surface area contributed by atoms with E-state index in [0.29, 0.717) is 12.0 Å². The Hall–Kier alpha value is -2.28. The maximum atomic E-state index is 2.79. The van der Waals surface area contributed by atoms with Gasteiger partial charge in [-0.15, -0.1) is 0 Å². The average Bonchev–Trinajstić information content (AvgIpc) is 2.78. The Balaban J connectivity index is 1.61. The monoisotopic (exact) mass is 367 g/mol. The van der Waals surface area contributed by atoms with Crippen molar-refractivity contribution in [2.75, 3.05) is 11.4 Å². The van der Waals surface area contributed by atoms with Gasteiger partial charge >= 0.3 is 0 Å². The summed E-state index contributed by atoms with van der Waals surface area (Å²) >= 11 is 0. The third-order valence-corrected chi connectivity index (χ3v) is 7.49. The Bertz CT molecular complexity index is 1030. The zero-order valence-electron chi connectivity index (χ0n) is 16.7. The van der Waals surface area contributed by atoms with Crippen LogP contribution in [0.4, 0.5) is 5.69 Å². The Kier molecular flexibility index (Phi) is 3.96. The van der Waals surface area contributed by atoms with Crippen molar-refractivity contribution in [1.29, 1.82) is 0 Å². The van der Waals surface area contributed by atoms with E-state index < -0.39 is 0 Å². The van der Waals surface area contributed by atoms with Gasteiger partial charge in [0.05, 0.1) is 6.04 Å².